The van der Waals surface area contributed by atoms with E-state index in [9.17, 15) is 0 Å². The van der Waals surface area contributed by atoms with Gasteiger partial charge in [0.15, 0.2) is 0 Å². The van der Waals surface area contributed by atoms with Gasteiger partial charge in [0.1, 0.15) is 0 Å². The summed E-state index contributed by atoms with van der Waals surface area (Å²) in [4.78, 5) is 4.79. The van der Waals surface area contributed by atoms with Gasteiger partial charge in [-0.3, -0.25) is 5.43 Å². The van der Waals surface area contributed by atoms with Crippen LogP contribution in [0.1, 0.15) is 0 Å². The molecular formula is C6H5ClN4OS. The summed E-state index contributed by atoms with van der Waals surface area (Å²) in [5.41, 5.74) is 2.26. The van der Waals surface area contributed by atoms with E-state index in [0.717, 1.165) is 4.88 Å². The van der Waals surface area contributed by atoms with Crippen molar-refractivity contribution in [2.75, 3.05) is 5.43 Å². The molecule has 0 aromatic carbocycles. The summed E-state index contributed by atoms with van der Waals surface area (Å²) in [7, 11) is 0. The number of halogens is 1. The van der Waals surface area contributed by atoms with E-state index in [-0.39, 0.29) is 6.01 Å². The summed E-state index contributed by atoms with van der Waals surface area (Å²) in [5, 5.41) is 3.69. The fourth-order valence-corrected chi connectivity index (χ4v) is 1.79. The van der Waals surface area contributed by atoms with E-state index < -0.39 is 0 Å². The van der Waals surface area contributed by atoms with Gasteiger partial charge in [0.05, 0.1) is 9.21 Å². The first-order valence-electron chi connectivity index (χ1n) is 3.35. The van der Waals surface area contributed by atoms with Crippen LogP contribution in [0.2, 0.25) is 4.34 Å². The van der Waals surface area contributed by atoms with Crippen LogP contribution in [-0.4, -0.2) is 10.1 Å². The molecule has 5 nitrogen and oxygen atoms in total. The number of hydrogen-bond acceptors (Lipinski definition) is 6. The second-order valence-electron chi connectivity index (χ2n) is 2.17. The van der Waals surface area contributed by atoms with Crippen molar-refractivity contribution >= 4 is 29.0 Å². The Morgan fingerprint density at radius 3 is 2.92 bits per heavy atom. The topological polar surface area (TPSA) is 77.0 Å². The normalized spacial score (nSPS) is 10.3. The monoisotopic (exact) mass is 216 g/mol. The highest BCUT2D eigenvalue weighted by Gasteiger charge is 2.09. The van der Waals surface area contributed by atoms with Gasteiger partial charge in [-0.2, -0.15) is 4.98 Å². The molecule has 0 aliphatic rings. The van der Waals surface area contributed by atoms with Gasteiger partial charge in [-0.15, -0.1) is 11.3 Å². The van der Waals surface area contributed by atoms with Gasteiger partial charge < -0.3 is 4.52 Å². The van der Waals surface area contributed by atoms with Gasteiger partial charge in [-0.1, -0.05) is 16.8 Å². The van der Waals surface area contributed by atoms with E-state index in [2.05, 4.69) is 15.6 Å². The Kier molecular flexibility index (Phi) is 2.17. The van der Waals surface area contributed by atoms with Gasteiger partial charge >= 0.3 is 6.01 Å². The van der Waals surface area contributed by atoms with Crippen LogP contribution in [-0.2, 0) is 0 Å². The van der Waals surface area contributed by atoms with Crippen LogP contribution in [0.25, 0.3) is 10.7 Å². The second-order valence-corrected chi connectivity index (χ2v) is 3.89. The van der Waals surface area contributed by atoms with Crippen molar-refractivity contribution in [1.29, 1.82) is 0 Å². The Labute approximate surface area is 82.5 Å². The van der Waals surface area contributed by atoms with Gasteiger partial charge in [-0.05, 0) is 12.1 Å². The zero-order valence-electron chi connectivity index (χ0n) is 6.32. The number of rotatable bonds is 2. The molecule has 0 spiro atoms. The SMILES string of the molecule is NNc1nc(-c2ccc(Cl)s2)no1. The van der Waals surface area contributed by atoms with Crippen molar-refractivity contribution in [3.63, 3.8) is 0 Å². The second kappa shape index (κ2) is 3.33. The largest absolute Gasteiger partial charge is 0.335 e. The van der Waals surface area contributed by atoms with Gasteiger partial charge in [0.2, 0.25) is 5.82 Å². The maximum absolute atomic E-state index is 5.74. The molecule has 0 amide bonds. The van der Waals surface area contributed by atoms with E-state index in [1.807, 2.05) is 6.07 Å². The van der Waals surface area contributed by atoms with Crippen LogP contribution in [0, 0.1) is 0 Å². The van der Waals surface area contributed by atoms with E-state index in [1.165, 1.54) is 11.3 Å². The first-order chi connectivity index (χ1) is 6.29. The molecule has 0 radical (unpaired) electrons. The average Bonchev–Trinajstić information content (AvgIpc) is 2.71. The number of hydrogen-bond donors (Lipinski definition) is 2. The zero-order chi connectivity index (χ0) is 9.26. The van der Waals surface area contributed by atoms with Crippen molar-refractivity contribution in [3.05, 3.63) is 16.5 Å². The maximum atomic E-state index is 5.74. The Balaban J connectivity index is 2.35. The standard InChI is InChI=1S/C6H5ClN4OS/c7-4-2-1-3(13-4)5-9-6(10-8)12-11-5/h1-2H,8H2,(H,9,10,11). The number of anilines is 1. The predicted molar refractivity (Wildman–Crippen MR) is 50.4 cm³/mol. The molecule has 0 atom stereocenters. The number of aromatic nitrogens is 2. The first kappa shape index (κ1) is 8.49. The lowest BCUT2D eigenvalue weighted by Gasteiger charge is -1.84. The molecule has 0 aliphatic heterocycles. The highest BCUT2D eigenvalue weighted by Crippen LogP contribution is 2.29. The van der Waals surface area contributed by atoms with Crippen molar-refractivity contribution in [2.24, 2.45) is 5.84 Å². The highest BCUT2D eigenvalue weighted by atomic mass is 35.5. The molecule has 0 aliphatic carbocycles. The molecule has 0 unspecified atom stereocenters. The zero-order valence-corrected chi connectivity index (χ0v) is 7.89. The van der Waals surface area contributed by atoms with E-state index in [0.29, 0.717) is 10.2 Å². The third-order valence-electron chi connectivity index (χ3n) is 1.34. The summed E-state index contributed by atoms with van der Waals surface area (Å²) in [5.74, 6) is 5.55. The fourth-order valence-electron chi connectivity index (χ4n) is 0.817. The van der Waals surface area contributed by atoms with Crippen molar-refractivity contribution < 1.29 is 4.52 Å². The highest BCUT2D eigenvalue weighted by molar-refractivity contribution is 7.19. The van der Waals surface area contributed by atoms with Gasteiger partial charge in [0, 0.05) is 0 Å². The fraction of sp³-hybridized carbons (Fsp3) is 0. The summed E-state index contributed by atoms with van der Waals surface area (Å²) in [6.45, 7) is 0. The maximum Gasteiger partial charge on any atom is 0.335 e. The number of nitrogens with one attached hydrogen (secondary N) is 1. The smallest absolute Gasteiger partial charge is 0.314 e. The molecule has 2 aromatic heterocycles. The molecule has 68 valence electrons. The Bertz CT molecular complexity index is 412. The molecule has 2 aromatic rings. The Morgan fingerprint density at radius 1 is 1.54 bits per heavy atom. The van der Waals surface area contributed by atoms with Crippen LogP contribution in [0.15, 0.2) is 16.7 Å². The van der Waals surface area contributed by atoms with Crippen LogP contribution in [0.4, 0.5) is 6.01 Å². The molecule has 0 saturated heterocycles. The van der Waals surface area contributed by atoms with Crippen LogP contribution < -0.4 is 11.3 Å². The van der Waals surface area contributed by atoms with Crippen LogP contribution in [0.3, 0.4) is 0 Å². The lowest BCUT2D eigenvalue weighted by atomic mass is 10.4. The molecule has 7 heteroatoms. The number of nitrogen functional groups attached to an aromatic ring is 1. The Morgan fingerprint density at radius 2 is 2.38 bits per heavy atom. The molecule has 2 heterocycles. The summed E-state index contributed by atoms with van der Waals surface area (Å²) in [6.07, 6.45) is 0. The van der Waals surface area contributed by atoms with Crippen LogP contribution >= 0.6 is 22.9 Å². The number of hydrazine groups is 1. The minimum absolute atomic E-state index is 0.180. The predicted octanol–water partition coefficient (Wildman–Crippen LogP) is 1.74. The summed E-state index contributed by atoms with van der Waals surface area (Å²) < 4.78 is 5.43. The van der Waals surface area contributed by atoms with E-state index >= 15 is 0 Å². The lowest BCUT2D eigenvalue weighted by Crippen LogP contribution is -2.06. The first-order valence-corrected chi connectivity index (χ1v) is 4.55. The third-order valence-corrected chi connectivity index (χ3v) is 2.57. The van der Waals surface area contributed by atoms with E-state index in [4.69, 9.17) is 22.0 Å². The molecule has 0 bridgehead atoms. The lowest BCUT2D eigenvalue weighted by molar-refractivity contribution is 0.433. The van der Waals surface area contributed by atoms with Gasteiger partial charge in [-0.25, -0.2) is 5.84 Å². The van der Waals surface area contributed by atoms with Crippen molar-refractivity contribution in [3.8, 4) is 10.7 Å². The quantitative estimate of drug-likeness (QED) is 0.591. The van der Waals surface area contributed by atoms with Gasteiger partial charge in [0.25, 0.3) is 0 Å². The molecule has 3 N–H and O–H groups in total. The molecule has 0 fully saturated rings. The van der Waals surface area contributed by atoms with E-state index in [1.54, 1.807) is 6.07 Å². The Hall–Kier alpha value is -1.11. The summed E-state index contributed by atoms with van der Waals surface area (Å²) >= 11 is 7.12. The minimum Gasteiger partial charge on any atom is -0.314 e. The number of nitrogens with two attached hydrogens (primary N) is 1. The van der Waals surface area contributed by atoms with Crippen molar-refractivity contribution in [2.45, 2.75) is 0 Å². The molecular weight excluding hydrogens is 212 g/mol. The molecule has 0 saturated carbocycles. The summed E-state index contributed by atoms with van der Waals surface area (Å²) in [6, 6.07) is 3.77. The minimum atomic E-state index is 0.180. The van der Waals surface area contributed by atoms with Crippen molar-refractivity contribution in [1.82, 2.24) is 10.1 Å². The number of thiophene rings is 1. The molecule has 13 heavy (non-hydrogen) atoms. The average molecular weight is 217 g/mol. The van der Waals surface area contributed by atoms with Crippen LogP contribution in [0.5, 0.6) is 0 Å². The third kappa shape index (κ3) is 1.64. The number of nitrogens with zero attached hydrogens (tertiary/aromatic N) is 2. The molecule has 2 rings (SSSR count).